The minimum atomic E-state index is -4.82. The van der Waals surface area contributed by atoms with Crippen LogP contribution in [-0.2, 0) is 4.79 Å². The van der Waals surface area contributed by atoms with E-state index in [9.17, 15) is 18.0 Å². The predicted molar refractivity (Wildman–Crippen MR) is 37.3 cm³/mol. The molecule has 0 saturated carbocycles. The van der Waals surface area contributed by atoms with Crippen LogP contribution in [0.1, 0.15) is 13.3 Å². The first-order valence-corrected chi connectivity index (χ1v) is 3.49. The monoisotopic (exact) mass is 184 g/mol. The molecule has 0 bridgehead atoms. The van der Waals surface area contributed by atoms with Crippen LogP contribution in [0.3, 0.4) is 0 Å². The summed E-state index contributed by atoms with van der Waals surface area (Å²) in [5.41, 5.74) is 5.09. The van der Waals surface area contributed by atoms with E-state index in [4.69, 9.17) is 5.73 Å². The number of rotatable bonds is 3. The Hall–Kier alpha value is -0.780. The van der Waals surface area contributed by atoms with Crippen LogP contribution in [0.2, 0.25) is 0 Å². The van der Waals surface area contributed by atoms with Crippen molar-refractivity contribution in [2.24, 2.45) is 5.73 Å². The molecule has 12 heavy (non-hydrogen) atoms. The Bertz CT molecular complexity index is 153. The summed E-state index contributed by atoms with van der Waals surface area (Å²) in [6, 6.07) is -0.598. The molecule has 3 N–H and O–H groups in total. The smallest absolute Gasteiger partial charge is 0.344 e. The minimum absolute atomic E-state index is 0.0122. The van der Waals surface area contributed by atoms with Gasteiger partial charge in [0, 0.05) is 12.6 Å². The molecule has 0 aliphatic heterocycles. The van der Waals surface area contributed by atoms with Gasteiger partial charge in [-0.05, 0) is 6.42 Å². The third-order valence-electron chi connectivity index (χ3n) is 1.37. The Morgan fingerprint density at radius 3 is 2.33 bits per heavy atom. The number of carbonyl (C=O) groups excluding carboxylic acids is 1. The van der Waals surface area contributed by atoms with Gasteiger partial charge < -0.3 is 11.1 Å². The Morgan fingerprint density at radius 2 is 2.08 bits per heavy atom. The van der Waals surface area contributed by atoms with Crippen molar-refractivity contribution >= 4 is 5.91 Å². The number of nitrogens with two attached hydrogens (primary N) is 1. The van der Waals surface area contributed by atoms with Crippen molar-refractivity contribution in [3.63, 3.8) is 0 Å². The van der Waals surface area contributed by atoms with E-state index in [0.717, 1.165) is 0 Å². The number of alkyl halides is 3. The van der Waals surface area contributed by atoms with Gasteiger partial charge in [-0.1, -0.05) is 6.92 Å². The highest BCUT2D eigenvalue weighted by atomic mass is 19.4. The van der Waals surface area contributed by atoms with Crippen molar-refractivity contribution in [1.29, 1.82) is 0 Å². The lowest BCUT2D eigenvalue weighted by atomic mass is 10.2. The quantitative estimate of drug-likeness (QED) is 0.667. The van der Waals surface area contributed by atoms with Crippen LogP contribution < -0.4 is 11.1 Å². The van der Waals surface area contributed by atoms with E-state index in [1.807, 2.05) is 0 Å². The second-order valence-electron chi connectivity index (χ2n) is 2.31. The van der Waals surface area contributed by atoms with Crippen molar-refractivity contribution in [2.45, 2.75) is 25.6 Å². The maximum atomic E-state index is 11.6. The van der Waals surface area contributed by atoms with Gasteiger partial charge in [0.05, 0.1) is 0 Å². The number of carbonyl (C=O) groups is 1. The maximum Gasteiger partial charge on any atom is 0.471 e. The van der Waals surface area contributed by atoms with Crippen LogP contribution in [0.5, 0.6) is 0 Å². The van der Waals surface area contributed by atoms with Gasteiger partial charge in [0.1, 0.15) is 0 Å². The molecule has 0 saturated heterocycles. The molecule has 0 aliphatic rings. The van der Waals surface area contributed by atoms with Crippen LogP contribution in [0.15, 0.2) is 0 Å². The first-order valence-electron chi connectivity index (χ1n) is 3.49. The fraction of sp³-hybridized carbons (Fsp3) is 0.833. The van der Waals surface area contributed by atoms with Crippen molar-refractivity contribution in [3.05, 3.63) is 0 Å². The molecule has 0 aromatic rings. The molecule has 1 amide bonds. The summed E-state index contributed by atoms with van der Waals surface area (Å²) in [5.74, 6) is -1.93. The van der Waals surface area contributed by atoms with Gasteiger partial charge >= 0.3 is 12.1 Å². The Kier molecular flexibility index (Phi) is 4.02. The molecule has 0 rings (SSSR count). The maximum absolute atomic E-state index is 11.6. The minimum Gasteiger partial charge on any atom is -0.344 e. The number of hydrogen-bond acceptors (Lipinski definition) is 2. The second kappa shape index (κ2) is 4.30. The van der Waals surface area contributed by atoms with Crippen LogP contribution >= 0.6 is 0 Å². The van der Waals surface area contributed by atoms with Crippen molar-refractivity contribution in [2.75, 3.05) is 6.54 Å². The summed E-state index contributed by atoms with van der Waals surface area (Å²) in [5, 5.41) is 1.77. The average molecular weight is 184 g/mol. The third kappa shape index (κ3) is 3.56. The van der Waals surface area contributed by atoms with Crippen molar-refractivity contribution < 1.29 is 18.0 Å². The molecule has 0 spiro atoms. The van der Waals surface area contributed by atoms with Gasteiger partial charge in [0.15, 0.2) is 0 Å². The lowest BCUT2D eigenvalue weighted by Gasteiger charge is -2.15. The summed E-state index contributed by atoms with van der Waals surface area (Å²) in [7, 11) is 0. The number of hydrogen-bond donors (Lipinski definition) is 2. The van der Waals surface area contributed by atoms with E-state index in [1.165, 1.54) is 0 Å². The molecule has 72 valence electrons. The molecule has 0 heterocycles. The van der Waals surface area contributed by atoms with Gasteiger partial charge in [-0.15, -0.1) is 0 Å². The van der Waals surface area contributed by atoms with Crippen LogP contribution in [0.4, 0.5) is 13.2 Å². The molecule has 1 atom stereocenters. The van der Waals surface area contributed by atoms with Crippen LogP contribution in [-0.4, -0.2) is 24.7 Å². The third-order valence-corrected chi connectivity index (χ3v) is 1.37. The molecule has 3 nitrogen and oxygen atoms in total. The summed E-state index contributed by atoms with van der Waals surface area (Å²) in [6.45, 7) is 1.66. The molecule has 0 aromatic carbocycles. The van der Waals surface area contributed by atoms with E-state index in [-0.39, 0.29) is 6.54 Å². The molecule has 0 aliphatic carbocycles. The molecular formula is C6H11F3N2O. The standard InChI is InChI=1S/C6H11F3N2O/c1-2-4(3-10)11-5(12)6(7,8)9/h4H,2-3,10H2,1H3,(H,11,12). The topological polar surface area (TPSA) is 55.1 Å². The highest BCUT2D eigenvalue weighted by Gasteiger charge is 2.39. The summed E-state index contributed by atoms with van der Waals surface area (Å²) in [6.07, 6.45) is -4.43. The van der Waals surface area contributed by atoms with E-state index in [1.54, 1.807) is 12.2 Å². The van der Waals surface area contributed by atoms with Crippen molar-refractivity contribution in [1.82, 2.24) is 5.32 Å². The van der Waals surface area contributed by atoms with Gasteiger partial charge in [-0.2, -0.15) is 13.2 Å². The van der Waals surface area contributed by atoms with Crippen molar-refractivity contribution in [3.8, 4) is 0 Å². The fourth-order valence-electron chi connectivity index (χ4n) is 0.595. The highest BCUT2D eigenvalue weighted by Crippen LogP contribution is 2.14. The van der Waals surface area contributed by atoms with Gasteiger partial charge in [-0.25, -0.2) is 0 Å². The molecule has 0 radical (unpaired) electrons. The zero-order chi connectivity index (χ0) is 9.78. The Labute approximate surface area is 68.1 Å². The van der Waals surface area contributed by atoms with Gasteiger partial charge in [-0.3, -0.25) is 4.79 Å². The van der Waals surface area contributed by atoms with Crippen LogP contribution in [0, 0.1) is 0 Å². The Morgan fingerprint density at radius 1 is 1.58 bits per heavy atom. The van der Waals surface area contributed by atoms with Gasteiger partial charge in [0.2, 0.25) is 0 Å². The molecule has 6 heteroatoms. The normalized spacial score (nSPS) is 14.1. The highest BCUT2D eigenvalue weighted by molar-refractivity contribution is 5.81. The first kappa shape index (κ1) is 11.2. The zero-order valence-electron chi connectivity index (χ0n) is 6.61. The number of nitrogens with one attached hydrogen (secondary N) is 1. The lowest BCUT2D eigenvalue weighted by molar-refractivity contribution is -0.174. The van der Waals surface area contributed by atoms with Gasteiger partial charge in [0.25, 0.3) is 0 Å². The van der Waals surface area contributed by atoms with Crippen LogP contribution in [0.25, 0.3) is 0 Å². The average Bonchev–Trinajstić information content (AvgIpc) is 1.97. The molecule has 0 fully saturated rings. The summed E-state index contributed by atoms with van der Waals surface area (Å²) >= 11 is 0. The Balaban J connectivity index is 3.99. The number of amides is 1. The first-order chi connectivity index (χ1) is 5.41. The zero-order valence-corrected chi connectivity index (χ0v) is 6.61. The molecular weight excluding hydrogens is 173 g/mol. The van der Waals surface area contributed by atoms with E-state index in [2.05, 4.69) is 0 Å². The fourth-order valence-corrected chi connectivity index (χ4v) is 0.595. The number of halogens is 3. The molecule has 1 unspecified atom stereocenters. The molecule has 0 aromatic heterocycles. The SMILES string of the molecule is CCC(CN)NC(=O)C(F)(F)F. The largest absolute Gasteiger partial charge is 0.471 e. The lowest BCUT2D eigenvalue weighted by Crippen LogP contribution is -2.46. The van der Waals surface area contributed by atoms with E-state index >= 15 is 0 Å². The predicted octanol–water partition coefficient (Wildman–Crippen LogP) is 0.402. The summed E-state index contributed by atoms with van der Waals surface area (Å²) < 4.78 is 34.9. The van der Waals surface area contributed by atoms with E-state index < -0.39 is 18.1 Å². The van der Waals surface area contributed by atoms with E-state index in [0.29, 0.717) is 6.42 Å². The second-order valence-corrected chi connectivity index (χ2v) is 2.31. The summed E-state index contributed by atoms with van der Waals surface area (Å²) in [4.78, 5) is 10.3.